The van der Waals surface area contributed by atoms with Gasteiger partial charge in [-0.1, -0.05) is 23.2 Å². The summed E-state index contributed by atoms with van der Waals surface area (Å²) in [5.41, 5.74) is 5.63. The molecule has 0 fully saturated rings. The number of halogens is 3. The highest BCUT2D eigenvalue weighted by Crippen LogP contribution is 2.29. The van der Waals surface area contributed by atoms with Gasteiger partial charge in [0.2, 0.25) is 0 Å². The number of anilines is 2. The SMILES string of the molecule is Cc1nc(N)c(C#N)c(NC(C)c2nc3c(Cl)ccc(Cl)c3c(=O)n2-c2cncc(F)c2)n1. The number of aryl methyl sites for hydroxylation is 1. The van der Waals surface area contributed by atoms with E-state index in [0.29, 0.717) is 5.82 Å². The minimum atomic E-state index is -0.721. The van der Waals surface area contributed by atoms with Gasteiger partial charge in [0.15, 0.2) is 5.82 Å². The summed E-state index contributed by atoms with van der Waals surface area (Å²) >= 11 is 12.6. The number of nitrogen functional groups attached to an aromatic ring is 1. The molecular weight excluding hydrogens is 470 g/mol. The van der Waals surface area contributed by atoms with Crippen molar-refractivity contribution in [3.8, 4) is 11.8 Å². The van der Waals surface area contributed by atoms with E-state index in [9.17, 15) is 14.4 Å². The van der Waals surface area contributed by atoms with Crippen molar-refractivity contribution in [2.24, 2.45) is 0 Å². The molecular formula is C21H15Cl2FN8O. The van der Waals surface area contributed by atoms with Crippen molar-refractivity contribution >= 4 is 45.7 Å². The number of nitrogens with two attached hydrogens (primary N) is 1. The maximum Gasteiger partial charge on any atom is 0.267 e. The third kappa shape index (κ3) is 4.04. The molecule has 0 saturated carbocycles. The number of hydrogen-bond donors (Lipinski definition) is 2. The Labute approximate surface area is 196 Å². The van der Waals surface area contributed by atoms with Gasteiger partial charge >= 0.3 is 0 Å². The van der Waals surface area contributed by atoms with Crippen molar-refractivity contribution in [2.45, 2.75) is 19.9 Å². The van der Waals surface area contributed by atoms with Crippen molar-refractivity contribution in [2.75, 3.05) is 11.1 Å². The Kier molecular flexibility index (Phi) is 5.84. The number of pyridine rings is 1. The maximum atomic E-state index is 14.0. The molecule has 12 heteroatoms. The maximum absolute atomic E-state index is 14.0. The number of nitrogens with one attached hydrogen (secondary N) is 1. The highest BCUT2D eigenvalue weighted by atomic mass is 35.5. The molecule has 0 saturated heterocycles. The van der Waals surface area contributed by atoms with Crippen molar-refractivity contribution < 1.29 is 4.39 Å². The number of hydrogen-bond acceptors (Lipinski definition) is 8. The average Bonchev–Trinajstić information content (AvgIpc) is 2.75. The first-order chi connectivity index (χ1) is 15.7. The molecule has 0 aliphatic rings. The predicted octanol–water partition coefficient (Wildman–Crippen LogP) is 3.95. The summed E-state index contributed by atoms with van der Waals surface area (Å²) < 4.78 is 15.2. The molecule has 1 aromatic carbocycles. The minimum absolute atomic E-state index is 0.00715. The van der Waals surface area contributed by atoms with Crippen LogP contribution < -0.4 is 16.6 Å². The fourth-order valence-electron chi connectivity index (χ4n) is 3.38. The first kappa shape index (κ1) is 22.4. The van der Waals surface area contributed by atoms with E-state index < -0.39 is 17.4 Å². The molecule has 3 aromatic heterocycles. The Bertz CT molecular complexity index is 1520. The summed E-state index contributed by atoms with van der Waals surface area (Å²) in [5.74, 6) is 0.0180. The Morgan fingerprint density at radius 1 is 1.21 bits per heavy atom. The summed E-state index contributed by atoms with van der Waals surface area (Å²) in [6, 6.07) is 5.39. The van der Waals surface area contributed by atoms with Gasteiger partial charge in [0.1, 0.15) is 34.9 Å². The molecule has 3 N–H and O–H groups in total. The smallest absolute Gasteiger partial charge is 0.267 e. The van der Waals surface area contributed by atoms with E-state index in [1.165, 1.54) is 22.9 Å². The van der Waals surface area contributed by atoms with E-state index in [1.807, 2.05) is 6.07 Å². The molecule has 9 nitrogen and oxygen atoms in total. The molecule has 0 radical (unpaired) electrons. The van der Waals surface area contributed by atoms with Gasteiger partial charge in [-0.15, -0.1) is 0 Å². The molecule has 0 spiro atoms. The molecule has 0 bridgehead atoms. The summed E-state index contributed by atoms with van der Waals surface area (Å²) in [6.45, 7) is 3.31. The van der Waals surface area contributed by atoms with Gasteiger partial charge in [0, 0.05) is 6.07 Å². The lowest BCUT2D eigenvalue weighted by Gasteiger charge is -2.21. The van der Waals surface area contributed by atoms with Gasteiger partial charge in [-0.3, -0.25) is 14.3 Å². The Hall–Kier alpha value is -3.81. The standard InChI is InChI=1S/C21H15Cl2FN8O/c1-9(28-19-13(6-25)18(26)29-10(2)30-19)20-31-17-15(23)4-3-14(22)16(17)21(33)32(20)12-5-11(24)7-27-8-12/h3-5,7-9H,1-2H3,(H3,26,28,29,30). The molecule has 1 atom stereocenters. The van der Waals surface area contributed by atoms with Gasteiger partial charge in [-0.25, -0.2) is 19.3 Å². The number of rotatable bonds is 4. The highest BCUT2D eigenvalue weighted by Gasteiger charge is 2.23. The molecule has 33 heavy (non-hydrogen) atoms. The Morgan fingerprint density at radius 3 is 2.64 bits per heavy atom. The second kappa shape index (κ2) is 8.61. The lowest BCUT2D eigenvalue weighted by Crippen LogP contribution is -2.28. The monoisotopic (exact) mass is 484 g/mol. The molecule has 0 amide bonds. The van der Waals surface area contributed by atoms with Crippen molar-refractivity contribution in [3.63, 3.8) is 0 Å². The summed E-state index contributed by atoms with van der Waals surface area (Å²) in [6.07, 6.45) is 2.33. The van der Waals surface area contributed by atoms with Crippen LogP contribution in [-0.4, -0.2) is 24.5 Å². The van der Waals surface area contributed by atoms with Crippen LogP contribution in [0.5, 0.6) is 0 Å². The second-order valence-electron chi connectivity index (χ2n) is 7.08. The Morgan fingerprint density at radius 2 is 1.94 bits per heavy atom. The number of fused-ring (bicyclic) bond motifs is 1. The van der Waals surface area contributed by atoms with Crippen LogP contribution in [0.15, 0.2) is 35.4 Å². The number of nitrogens with zero attached hydrogens (tertiary/aromatic N) is 6. The molecule has 3 heterocycles. The predicted molar refractivity (Wildman–Crippen MR) is 123 cm³/mol. The van der Waals surface area contributed by atoms with Crippen LogP contribution in [0.3, 0.4) is 0 Å². The van der Waals surface area contributed by atoms with Crippen LogP contribution in [0, 0.1) is 24.1 Å². The summed E-state index contributed by atoms with van der Waals surface area (Å²) in [7, 11) is 0. The fourth-order valence-corrected chi connectivity index (χ4v) is 3.81. The van der Waals surface area contributed by atoms with Crippen molar-refractivity contribution in [1.82, 2.24) is 24.5 Å². The van der Waals surface area contributed by atoms with E-state index in [0.717, 1.165) is 12.3 Å². The summed E-state index contributed by atoms with van der Waals surface area (Å²) in [4.78, 5) is 30.2. The zero-order chi connectivity index (χ0) is 23.9. The van der Waals surface area contributed by atoms with Gasteiger partial charge in [-0.2, -0.15) is 5.26 Å². The third-order valence-corrected chi connectivity index (χ3v) is 5.42. The quantitative estimate of drug-likeness (QED) is 0.444. The van der Waals surface area contributed by atoms with Crippen LogP contribution in [0.1, 0.15) is 30.2 Å². The fraction of sp³-hybridized carbons (Fsp3) is 0.143. The van der Waals surface area contributed by atoms with Crippen LogP contribution in [0.4, 0.5) is 16.0 Å². The number of nitriles is 1. The van der Waals surface area contributed by atoms with E-state index >= 15 is 0 Å². The molecule has 166 valence electrons. The van der Waals surface area contributed by atoms with Gasteiger partial charge < -0.3 is 11.1 Å². The number of aromatic nitrogens is 5. The molecule has 4 aromatic rings. The van der Waals surface area contributed by atoms with E-state index in [4.69, 9.17) is 28.9 Å². The second-order valence-corrected chi connectivity index (χ2v) is 7.90. The van der Waals surface area contributed by atoms with Crippen molar-refractivity contribution in [3.05, 3.63) is 74.0 Å². The molecule has 0 aliphatic carbocycles. The van der Waals surface area contributed by atoms with Crippen LogP contribution in [0.25, 0.3) is 16.6 Å². The lowest BCUT2D eigenvalue weighted by atomic mass is 10.2. The van der Waals surface area contributed by atoms with E-state index in [1.54, 1.807) is 13.8 Å². The van der Waals surface area contributed by atoms with Gasteiger partial charge in [0.05, 0.1) is 45.1 Å². The third-order valence-electron chi connectivity index (χ3n) is 4.80. The largest absolute Gasteiger partial charge is 0.382 e. The Balaban J connectivity index is 1.99. The highest BCUT2D eigenvalue weighted by molar-refractivity contribution is 6.39. The normalized spacial score (nSPS) is 11.9. The van der Waals surface area contributed by atoms with Crippen LogP contribution >= 0.6 is 23.2 Å². The average molecular weight is 485 g/mol. The summed E-state index contributed by atoms with van der Waals surface area (Å²) in [5, 5.41) is 13.0. The van der Waals surface area contributed by atoms with Gasteiger partial charge in [-0.05, 0) is 26.0 Å². The molecule has 4 rings (SSSR count). The first-order valence-electron chi connectivity index (χ1n) is 9.53. The van der Waals surface area contributed by atoms with Crippen LogP contribution in [0.2, 0.25) is 10.0 Å². The first-order valence-corrected chi connectivity index (χ1v) is 10.3. The zero-order valence-electron chi connectivity index (χ0n) is 17.3. The number of benzene rings is 1. The lowest BCUT2D eigenvalue weighted by molar-refractivity contribution is 0.617. The molecule has 0 aliphatic heterocycles. The van der Waals surface area contributed by atoms with Gasteiger partial charge in [0.25, 0.3) is 5.56 Å². The minimum Gasteiger partial charge on any atom is -0.382 e. The zero-order valence-corrected chi connectivity index (χ0v) is 18.8. The van der Waals surface area contributed by atoms with E-state index in [-0.39, 0.29) is 49.7 Å². The van der Waals surface area contributed by atoms with Crippen LogP contribution in [-0.2, 0) is 0 Å². The topological polar surface area (TPSA) is 135 Å². The van der Waals surface area contributed by atoms with Crippen molar-refractivity contribution in [1.29, 1.82) is 5.26 Å². The van der Waals surface area contributed by atoms with E-state index in [2.05, 4.69) is 25.3 Å². The molecule has 1 unspecified atom stereocenters.